The summed E-state index contributed by atoms with van der Waals surface area (Å²) in [5, 5.41) is 0. The van der Waals surface area contributed by atoms with Gasteiger partial charge in [-0.15, -0.1) is 6.58 Å². The van der Waals surface area contributed by atoms with Crippen LogP contribution in [0.4, 0.5) is 0 Å². The molecular weight excluding hydrogens is 368 g/mol. The van der Waals surface area contributed by atoms with Crippen molar-refractivity contribution in [2.24, 2.45) is 11.8 Å². The molecule has 0 aromatic heterocycles. The number of ether oxygens (including phenoxy) is 3. The molecule has 1 saturated heterocycles. The van der Waals surface area contributed by atoms with E-state index in [1.165, 1.54) is 0 Å². The zero-order valence-electron chi connectivity index (χ0n) is 16.7. The van der Waals surface area contributed by atoms with Gasteiger partial charge in [-0.1, -0.05) is 56.3 Å². The number of hydrogen-bond donors (Lipinski definition) is 0. The van der Waals surface area contributed by atoms with Crippen molar-refractivity contribution < 1.29 is 23.8 Å². The van der Waals surface area contributed by atoms with Crippen molar-refractivity contribution in [2.45, 2.75) is 38.8 Å². The predicted octanol–water partition coefficient (Wildman–Crippen LogP) is 4.64. The highest BCUT2D eigenvalue weighted by Crippen LogP contribution is 2.35. The van der Waals surface area contributed by atoms with Crippen molar-refractivity contribution in [3.05, 3.63) is 84.4 Å². The van der Waals surface area contributed by atoms with Crippen LogP contribution in [0.2, 0.25) is 0 Å². The first-order valence-electron chi connectivity index (χ1n) is 9.79. The van der Waals surface area contributed by atoms with Crippen LogP contribution in [-0.4, -0.2) is 30.4 Å². The van der Waals surface area contributed by atoms with Gasteiger partial charge in [-0.25, -0.2) is 9.59 Å². The molecule has 0 amide bonds. The van der Waals surface area contributed by atoms with Gasteiger partial charge in [-0.2, -0.15) is 0 Å². The lowest BCUT2D eigenvalue weighted by molar-refractivity contribution is -0.247. The minimum atomic E-state index is -0.994. The molecule has 0 N–H and O–H groups in total. The fraction of sp³-hybridized carbons (Fsp3) is 0.333. The van der Waals surface area contributed by atoms with Gasteiger partial charge in [0, 0.05) is 5.92 Å². The van der Waals surface area contributed by atoms with Crippen LogP contribution in [0.25, 0.3) is 0 Å². The van der Waals surface area contributed by atoms with Crippen LogP contribution in [0.1, 0.15) is 41.0 Å². The van der Waals surface area contributed by atoms with E-state index >= 15 is 0 Å². The molecular formula is C24H26O5. The molecule has 5 heteroatoms. The van der Waals surface area contributed by atoms with Crippen LogP contribution in [0.15, 0.2) is 73.3 Å². The molecule has 0 spiro atoms. The Hall–Kier alpha value is -2.92. The van der Waals surface area contributed by atoms with E-state index in [-0.39, 0.29) is 17.9 Å². The Kier molecular flexibility index (Phi) is 6.83. The fourth-order valence-corrected chi connectivity index (χ4v) is 3.47. The number of rotatable bonds is 6. The van der Waals surface area contributed by atoms with Gasteiger partial charge < -0.3 is 14.2 Å². The quantitative estimate of drug-likeness (QED) is 0.527. The Morgan fingerprint density at radius 1 is 0.897 bits per heavy atom. The molecule has 0 aliphatic carbocycles. The first kappa shape index (κ1) is 20.8. The molecule has 5 atom stereocenters. The molecule has 0 radical (unpaired) electrons. The lowest BCUT2D eigenvalue weighted by atomic mass is 9.82. The molecule has 5 nitrogen and oxygen atoms in total. The van der Waals surface area contributed by atoms with Gasteiger partial charge in [0.1, 0.15) is 0 Å². The first-order chi connectivity index (χ1) is 14.0. The molecule has 152 valence electrons. The monoisotopic (exact) mass is 394 g/mol. The number of benzene rings is 2. The van der Waals surface area contributed by atoms with E-state index in [1.54, 1.807) is 54.6 Å². The van der Waals surface area contributed by atoms with Crippen LogP contribution in [0, 0.1) is 11.8 Å². The smallest absolute Gasteiger partial charge is 0.340 e. The van der Waals surface area contributed by atoms with Gasteiger partial charge in [-0.3, -0.25) is 0 Å². The number of hydrogen-bond acceptors (Lipinski definition) is 5. The number of carbonyl (C=O) groups is 2. The summed E-state index contributed by atoms with van der Waals surface area (Å²) in [6.07, 6.45) is 0.505. The second kappa shape index (κ2) is 9.52. The van der Waals surface area contributed by atoms with Crippen LogP contribution in [0.3, 0.4) is 0 Å². The number of carbonyl (C=O) groups excluding carboxylic acids is 2. The fourth-order valence-electron chi connectivity index (χ4n) is 3.47. The van der Waals surface area contributed by atoms with Crippen LogP contribution < -0.4 is 0 Å². The second-order valence-corrected chi connectivity index (χ2v) is 7.29. The van der Waals surface area contributed by atoms with E-state index in [0.29, 0.717) is 17.5 Å². The molecule has 1 fully saturated rings. The molecule has 29 heavy (non-hydrogen) atoms. The summed E-state index contributed by atoms with van der Waals surface area (Å²) >= 11 is 0. The lowest BCUT2D eigenvalue weighted by Gasteiger charge is -2.43. The predicted molar refractivity (Wildman–Crippen MR) is 109 cm³/mol. The SMILES string of the molecule is C=CC[C@H]1OC(OC(=O)c2ccccc2)[C@H](OC(=O)c2ccccc2)[C@H](C)[C@H]1C. The van der Waals surface area contributed by atoms with Gasteiger partial charge in [0.25, 0.3) is 0 Å². The Morgan fingerprint density at radius 3 is 1.93 bits per heavy atom. The summed E-state index contributed by atoms with van der Waals surface area (Å²) in [6.45, 7) is 7.80. The summed E-state index contributed by atoms with van der Waals surface area (Å²) in [4.78, 5) is 25.2. The van der Waals surface area contributed by atoms with Gasteiger partial charge in [0.15, 0.2) is 6.10 Å². The molecule has 3 rings (SSSR count). The van der Waals surface area contributed by atoms with Crippen LogP contribution >= 0.6 is 0 Å². The molecule has 2 aromatic carbocycles. The van der Waals surface area contributed by atoms with Crippen molar-refractivity contribution >= 4 is 11.9 Å². The number of esters is 2. The van der Waals surface area contributed by atoms with E-state index in [1.807, 2.05) is 26.0 Å². The van der Waals surface area contributed by atoms with E-state index in [2.05, 4.69) is 6.58 Å². The lowest BCUT2D eigenvalue weighted by Crippen LogP contribution is -2.52. The molecule has 2 aromatic rings. The first-order valence-corrected chi connectivity index (χ1v) is 9.79. The van der Waals surface area contributed by atoms with Gasteiger partial charge >= 0.3 is 11.9 Å². The highest BCUT2D eigenvalue weighted by Gasteiger charge is 2.45. The Balaban J connectivity index is 1.82. The van der Waals surface area contributed by atoms with E-state index in [0.717, 1.165) is 0 Å². The summed E-state index contributed by atoms with van der Waals surface area (Å²) in [6, 6.07) is 17.4. The molecule has 0 saturated carbocycles. The van der Waals surface area contributed by atoms with Crippen molar-refractivity contribution in [3.8, 4) is 0 Å². The minimum absolute atomic E-state index is 0.0741. The summed E-state index contributed by atoms with van der Waals surface area (Å²) in [7, 11) is 0. The Morgan fingerprint density at radius 2 is 1.41 bits per heavy atom. The molecule has 0 bridgehead atoms. The maximum Gasteiger partial charge on any atom is 0.340 e. The summed E-state index contributed by atoms with van der Waals surface area (Å²) in [5.74, 6) is -0.972. The highest BCUT2D eigenvalue weighted by atomic mass is 16.7. The largest absolute Gasteiger partial charge is 0.452 e. The Labute approximate surface area is 171 Å². The van der Waals surface area contributed by atoms with Crippen molar-refractivity contribution in [3.63, 3.8) is 0 Å². The van der Waals surface area contributed by atoms with Gasteiger partial charge in [0.05, 0.1) is 17.2 Å². The maximum atomic E-state index is 12.6. The molecule has 1 aliphatic heterocycles. The third-order valence-electron chi connectivity index (χ3n) is 5.40. The van der Waals surface area contributed by atoms with E-state index in [9.17, 15) is 9.59 Å². The topological polar surface area (TPSA) is 61.8 Å². The average Bonchev–Trinajstić information content (AvgIpc) is 2.75. The Bertz CT molecular complexity index is 833. The van der Waals surface area contributed by atoms with Crippen molar-refractivity contribution in [1.29, 1.82) is 0 Å². The van der Waals surface area contributed by atoms with E-state index < -0.39 is 24.3 Å². The van der Waals surface area contributed by atoms with Crippen LogP contribution in [-0.2, 0) is 14.2 Å². The molecule has 1 unspecified atom stereocenters. The maximum absolute atomic E-state index is 12.6. The normalized spacial score (nSPS) is 26.3. The summed E-state index contributed by atoms with van der Waals surface area (Å²) in [5.41, 5.74) is 0.851. The van der Waals surface area contributed by atoms with Crippen LogP contribution in [0.5, 0.6) is 0 Å². The minimum Gasteiger partial charge on any atom is -0.452 e. The van der Waals surface area contributed by atoms with Crippen molar-refractivity contribution in [2.75, 3.05) is 0 Å². The highest BCUT2D eigenvalue weighted by molar-refractivity contribution is 5.90. The summed E-state index contributed by atoms with van der Waals surface area (Å²) < 4.78 is 17.5. The zero-order valence-corrected chi connectivity index (χ0v) is 16.7. The third kappa shape index (κ3) is 4.93. The van der Waals surface area contributed by atoms with Gasteiger partial charge in [0.2, 0.25) is 6.29 Å². The molecule has 1 aliphatic rings. The van der Waals surface area contributed by atoms with E-state index in [4.69, 9.17) is 14.2 Å². The standard InChI is InChI=1S/C24H26O5/c1-4-11-20-16(2)17(3)21(28-22(25)18-12-7-5-8-13-18)24(27-20)29-23(26)19-14-9-6-10-15-19/h4-10,12-17,20-21,24H,1,11H2,2-3H3/t16-,17-,20-,21-,24?/m1/s1. The molecule has 1 heterocycles. The third-order valence-corrected chi connectivity index (χ3v) is 5.40. The zero-order chi connectivity index (χ0) is 20.8. The van der Waals surface area contributed by atoms with Crippen molar-refractivity contribution in [1.82, 2.24) is 0 Å². The second-order valence-electron chi connectivity index (χ2n) is 7.29. The average molecular weight is 394 g/mol. The van der Waals surface area contributed by atoms with Gasteiger partial charge in [-0.05, 0) is 36.6 Å².